The van der Waals surface area contributed by atoms with Gasteiger partial charge in [0.15, 0.2) is 4.84 Å². The van der Waals surface area contributed by atoms with Crippen LogP contribution in [0.3, 0.4) is 0 Å². The fourth-order valence-corrected chi connectivity index (χ4v) is 1.79. The summed E-state index contributed by atoms with van der Waals surface area (Å²) in [6.45, 7) is 5.82. The molecule has 86 valence electrons. The minimum absolute atomic E-state index is 0.0245. The predicted octanol–water partition coefficient (Wildman–Crippen LogP) is 1.12. The van der Waals surface area contributed by atoms with E-state index >= 15 is 0 Å². The van der Waals surface area contributed by atoms with Crippen LogP contribution in [0.2, 0.25) is 0 Å². The minimum atomic E-state index is -1.12. The summed E-state index contributed by atoms with van der Waals surface area (Å²) >= 11 is 11.0. The zero-order valence-electron chi connectivity index (χ0n) is 8.88. The third kappa shape index (κ3) is 2.75. The molecule has 0 aromatic heterocycles. The van der Waals surface area contributed by atoms with Crippen LogP contribution in [-0.4, -0.2) is 34.3 Å². The van der Waals surface area contributed by atoms with Gasteiger partial charge in [0.1, 0.15) is 12.7 Å². The molecule has 1 N–H and O–H groups in total. The Morgan fingerprint density at radius 3 is 2.47 bits per heavy atom. The van der Waals surface area contributed by atoms with Gasteiger partial charge < -0.3 is 10.2 Å². The highest BCUT2D eigenvalue weighted by molar-refractivity contribution is 6.53. The second-order valence-corrected chi connectivity index (χ2v) is 5.70. The molecule has 6 heteroatoms. The Bertz CT molecular complexity index is 286. The molecule has 0 aliphatic carbocycles. The lowest BCUT2D eigenvalue weighted by Crippen LogP contribution is -2.49. The van der Waals surface area contributed by atoms with E-state index in [-0.39, 0.29) is 24.0 Å². The van der Waals surface area contributed by atoms with Crippen molar-refractivity contribution in [1.29, 1.82) is 0 Å². The van der Waals surface area contributed by atoms with Crippen molar-refractivity contribution in [3.63, 3.8) is 0 Å². The van der Waals surface area contributed by atoms with Gasteiger partial charge in [-0.3, -0.25) is 9.59 Å². The van der Waals surface area contributed by atoms with Gasteiger partial charge in [-0.25, -0.2) is 0 Å². The normalized spacial score (nSPS) is 22.1. The zero-order chi connectivity index (χ0) is 11.8. The number of nitrogens with zero attached hydrogens (tertiary/aromatic N) is 1. The average molecular weight is 253 g/mol. The summed E-state index contributed by atoms with van der Waals surface area (Å²) in [5, 5.41) is 2.73. The van der Waals surface area contributed by atoms with Crippen LogP contribution >= 0.6 is 23.2 Å². The van der Waals surface area contributed by atoms with Crippen LogP contribution in [0.4, 0.5) is 0 Å². The first-order valence-corrected chi connectivity index (χ1v) is 5.49. The molecule has 1 rings (SSSR count). The van der Waals surface area contributed by atoms with E-state index in [1.807, 2.05) is 20.8 Å². The summed E-state index contributed by atoms with van der Waals surface area (Å²) in [5.74, 6) is -0.617. The van der Waals surface area contributed by atoms with Gasteiger partial charge in [-0.2, -0.15) is 0 Å². The summed E-state index contributed by atoms with van der Waals surface area (Å²) in [6, 6.07) is 0. The van der Waals surface area contributed by atoms with Crippen LogP contribution in [0.1, 0.15) is 20.8 Å². The van der Waals surface area contributed by atoms with Crippen LogP contribution in [0.5, 0.6) is 0 Å². The maximum absolute atomic E-state index is 11.6. The third-order valence-corrected chi connectivity index (χ3v) is 2.59. The number of hydrogen-bond donors (Lipinski definition) is 1. The zero-order valence-corrected chi connectivity index (χ0v) is 10.4. The second-order valence-electron chi connectivity index (χ2n) is 4.60. The third-order valence-electron chi connectivity index (χ3n) is 2.21. The van der Waals surface area contributed by atoms with E-state index in [0.717, 1.165) is 0 Å². The standard InChI is InChI=1S/C9H14Cl2N2O2/c1-9(2,3)8-12-5(14)4-13(8)7(15)6(10)11/h6,8H,4H2,1-3H3,(H,12,14). The van der Waals surface area contributed by atoms with E-state index in [1.165, 1.54) is 4.90 Å². The molecule has 15 heavy (non-hydrogen) atoms. The summed E-state index contributed by atoms with van der Waals surface area (Å²) < 4.78 is 0. The average Bonchev–Trinajstić information content (AvgIpc) is 2.44. The van der Waals surface area contributed by atoms with Crippen LogP contribution < -0.4 is 5.32 Å². The lowest BCUT2D eigenvalue weighted by molar-refractivity contribution is -0.133. The highest BCUT2D eigenvalue weighted by atomic mass is 35.5. The Hall–Kier alpha value is -0.480. The predicted molar refractivity (Wildman–Crippen MR) is 58.6 cm³/mol. The van der Waals surface area contributed by atoms with E-state index in [1.54, 1.807) is 0 Å². The Morgan fingerprint density at radius 1 is 1.53 bits per heavy atom. The van der Waals surface area contributed by atoms with Crippen LogP contribution in [0, 0.1) is 5.41 Å². The maximum atomic E-state index is 11.6. The van der Waals surface area contributed by atoms with Gasteiger partial charge in [-0.05, 0) is 0 Å². The van der Waals surface area contributed by atoms with E-state index in [0.29, 0.717) is 0 Å². The highest BCUT2D eigenvalue weighted by Gasteiger charge is 2.41. The molecule has 1 atom stereocenters. The number of nitrogens with one attached hydrogen (secondary N) is 1. The molecule has 1 aliphatic heterocycles. The number of carbonyl (C=O) groups is 2. The van der Waals surface area contributed by atoms with Crippen molar-refractivity contribution in [2.45, 2.75) is 31.8 Å². The monoisotopic (exact) mass is 252 g/mol. The smallest absolute Gasteiger partial charge is 0.257 e. The van der Waals surface area contributed by atoms with Crippen molar-refractivity contribution < 1.29 is 9.59 Å². The van der Waals surface area contributed by atoms with Gasteiger partial charge in [-0.1, -0.05) is 44.0 Å². The van der Waals surface area contributed by atoms with Crippen LogP contribution in [0.25, 0.3) is 0 Å². The molecule has 2 amide bonds. The molecule has 0 radical (unpaired) electrons. The molecule has 1 aliphatic rings. The minimum Gasteiger partial charge on any atom is -0.334 e. The van der Waals surface area contributed by atoms with Crippen LogP contribution in [-0.2, 0) is 9.59 Å². The molecular formula is C9H14Cl2N2O2. The molecule has 0 aromatic rings. The molecule has 4 nitrogen and oxygen atoms in total. The first kappa shape index (κ1) is 12.6. The van der Waals surface area contributed by atoms with E-state index in [4.69, 9.17) is 23.2 Å². The fraction of sp³-hybridized carbons (Fsp3) is 0.778. The molecule has 0 bridgehead atoms. The lowest BCUT2D eigenvalue weighted by Gasteiger charge is -2.34. The van der Waals surface area contributed by atoms with E-state index in [9.17, 15) is 9.59 Å². The van der Waals surface area contributed by atoms with Crippen LogP contribution in [0.15, 0.2) is 0 Å². The topological polar surface area (TPSA) is 49.4 Å². The van der Waals surface area contributed by atoms with Gasteiger partial charge in [0.25, 0.3) is 5.91 Å². The van der Waals surface area contributed by atoms with Crippen molar-refractivity contribution in [2.24, 2.45) is 5.41 Å². The highest BCUT2D eigenvalue weighted by Crippen LogP contribution is 2.26. The molecule has 1 unspecified atom stereocenters. The molecule has 1 fully saturated rings. The van der Waals surface area contributed by atoms with Crippen molar-refractivity contribution in [3.05, 3.63) is 0 Å². The Balaban J connectivity index is 2.87. The molecule has 1 saturated heterocycles. The first-order valence-electron chi connectivity index (χ1n) is 4.61. The van der Waals surface area contributed by atoms with E-state index < -0.39 is 10.7 Å². The van der Waals surface area contributed by atoms with Gasteiger partial charge in [0.2, 0.25) is 5.91 Å². The number of rotatable bonds is 1. The fourth-order valence-electron chi connectivity index (χ4n) is 1.54. The summed E-state index contributed by atoms with van der Waals surface area (Å²) in [7, 11) is 0. The van der Waals surface area contributed by atoms with E-state index in [2.05, 4.69) is 5.32 Å². The van der Waals surface area contributed by atoms with Crippen molar-refractivity contribution >= 4 is 35.0 Å². The molecule has 1 heterocycles. The largest absolute Gasteiger partial charge is 0.334 e. The molecule has 0 spiro atoms. The van der Waals surface area contributed by atoms with Crippen molar-refractivity contribution in [2.75, 3.05) is 6.54 Å². The SMILES string of the molecule is CC(C)(C)C1NC(=O)CN1C(=O)C(Cl)Cl. The van der Waals surface area contributed by atoms with Gasteiger partial charge >= 0.3 is 0 Å². The van der Waals surface area contributed by atoms with Gasteiger partial charge in [0, 0.05) is 5.41 Å². The summed E-state index contributed by atoms with van der Waals surface area (Å²) in [4.78, 5) is 23.1. The summed E-state index contributed by atoms with van der Waals surface area (Å²) in [6.07, 6.45) is -0.350. The lowest BCUT2D eigenvalue weighted by atomic mass is 9.92. The van der Waals surface area contributed by atoms with Gasteiger partial charge in [-0.15, -0.1) is 0 Å². The molecule has 0 saturated carbocycles. The Kier molecular flexibility index (Phi) is 3.51. The quantitative estimate of drug-likeness (QED) is 0.712. The molecule has 0 aromatic carbocycles. The van der Waals surface area contributed by atoms with Crippen molar-refractivity contribution in [1.82, 2.24) is 10.2 Å². The Labute approximate surface area is 98.9 Å². The molecular weight excluding hydrogens is 239 g/mol. The number of halogens is 2. The number of carbonyl (C=O) groups excluding carboxylic acids is 2. The maximum Gasteiger partial charge on any atom is 0.257 e. The summed E-state index contributed by atoms with van der Waals surface area (Å²) in [5.41, 5.74) is -0.246. The number of hydrogen-bond acceptors (Lipinski definition) is 2. The Morgan fingerprint density at radius 2 is 2.07 bits per heavy atom. The first-order chi connectivity index (χ1) is 6.73. The van der Waals surface area contributed by atoms with Gasteiger partial charge in [0.05, 0.1) is 0 Å². The second kappa shape index (κ2) is 4.18. The number of amides is 2. The number of alkyl halides is 2. The van der Waals surface area contributed by atoms with Crippen molar-refractivity contribution in [3.8, 4) is 0 Å².